The highest BCUT2D eigenvalue weighted by molar-refractivity contribution is 5.98. The Kier molecular flexibility index (Phi) is 12.1. The smallest absolute Gasteiger partial charge is 0.289 e. The van der Waals surface area contributed by atoms with Crippen LogP contribution < -0.4 is 0 Å². The summed E-state index contributed by atoms with van der Waals surface area (Å²) >= 11 is 0. The maximum absolute atomic E-state index is 13.2. The Morgan fingerprint density at radius 1 is 1.10 bits per heavy atom. The van der Waals surface area contributed by atoms with Gasteiger partial charge in [0.1, 0.15) is 11.5 Å². The lowest BCUT2D eigenvalue weighted by Crippen LogP contribution is -2.44. The van der Waals surface area contributed by atoms with Gasteiger partial charge in [-0.3, -0.25) is 15.2 Å². The molecule has 1 N–H and O–H groups in total. The van der Waals surface area contributed by atoms with Crippen LogP contribution in [0.5, 0.6) is 0 Å². The molecule has 222 valence electrons. The zero-order chi connectivity index (χ0) is 30.6. The van der Waals surface area contributed by atoms with Crippen LogP contribution in [0.3, 0.4) is 0 Å². The van der Waals surface area contributed by atoms with Crippen molar-refractivity contribution in [3.05, 3.63) is 100 Å². The maximum atomic E-state index is 13.2. The lowest BCUT2D eigenvalue weighted by molar-refractivity contribution is -0.130. The second-order valence-corrected chi connectivity index (χ2v) is 10.6. The molecule has 4 rings (SSSR count). The molecule has 0 fully saturated rings. The number of ether oxygens (including phenoxy) is 1. The molecule has 7 heteroatoms. The number of carbonyl (C=O) groups excluding carboxylic acids is 1. The summed E-state index contributed by atoms with van der Waals surface area (Å²) in [5.41, 5.74) is 5.03. The summed E-state index contributed by atoms with van der Waals surface area (Å²) < 4.78 is 18.6. The molecule has 0 spiro atoms. The Bertz CT molecular complexity index is 1390. The number of aromatic nitrogens is 1. The van der Waals surface area contributed by atoms with Crippen molar-refractivity contribution in [3.63, 3.8) is 0 Å². The Morgan fingerprint density at radius 3 is 2.43 bits per heavy atom. The summed E-state index contributed by atoms with van der Waals surface area (Å²) in [6.07, 6.45) is 14.9. The normalized spacial score (nSPS) is 20.4. The molecular formula is C35H43FN4O2. The Hall–Kier alpha value is -4.13. The van der Waals surface area contributed by atoms with Crippen molar-refractivity contribution in [2.24, 2.45) is 22.7 Å². The fourth-order valence-electron chi connectivity index (χ4n) is 5.08. The van der Waals surface area contributed by atoms with E-state index in [2.05, 4.69) is 86.2 Å². The van der Waals surface area contributed by atoms with Crippen molar-refractivity contribution in [3.8, 4) is 0 Å². The van der Waals surface area contributed by atoms with Gasteiger partial charge in [-0.1, -0.05) is 83.2 Å². The molecule has 2 aliphatic heterocycles. The van der Waals surface area contributed by atoms with E-state index in [1.54, 1.807) is 11.0 Å². The molecule has 1 aromatic heterocycles. The number of hydrogen-bond donors (Lipinski definition) is 1. The van der Waals surface area contributed by atoms with Gasteiger partial charge in [-0.05, 0) is 72.4 Å². The van der Waals surface area contributed by atoms with E-state index in [4.69, 9.17) is 10.1 Å². The number of aliphatic imine (C=N–C) groups is 1. The van der Waals surface area contributed by atoms with E-state index in [-0.39, 0.29) is 29.2 Å². The molecule has 1 amide bonds. The maximum Gasteiger partial charge on any atom is 0.289 e. The van der Waals surface area contributed by atoms with Crippen molar-refractivity contribution in [2.75, 3.05) is 13.1 Å². The molecule has 1 aromatic carbocycles. The van der Waals surface area contributed by atoms with E-state index in [1.165, 1.54) is 28.8 Å². The lowest BCUT2D eigenvalue weighted by atomic mass is 9.78. The van der Waals surface area contributed by atoms with Crippen molar-refractivity contribution < 1.29 is 13.9 Å². The van der Waals surface area contributed by atoms with Gasteiger partial charge in [0.2, 0.25) is 5.90 Å². The molecule has 2 aromatic rings. The highest BCUT2D eigenvalue weighted by atomic mass is 19.1. The van der Waals surface area contributed by atoms with Crippen LogP contribution in [0.2, 0.25) is 0 Å². The molecular weight excluding hydrogens is 527 g/mol. The number of amides is 1. The minimum absolute atomic E-state index is 0.0843. The van der Waals surface area contributed by atoms with Gasteiger partial charge in [0.15, 0.2) is 5.76 Å². The second kappa shape index (κ2) is 15.8. The van der Waals surface area contributed by atoms with Crippen molar-refractivity contribution in [1.29, 1.82) is 5.41 Å². The topological polar surface area (TPSA) is 78.6 Å². The summed E-state index contributed by atoms with van der Waals surface area (Å²) in [5.74, 6) is 0.0276. The Morgan fingerprint density at radius 2 is 1.81 bits per heavy atom. The third-order valence-electron chi connectivity index (χ3n) is 7.38. The predicted molar refractivity (Wildman–Crippen MR) is 171 cm³/mol. The fourth-order valence-corrected chi connectivity index (χ4v) is 5.08. The molecule has 3 atom stereocenters. The summed E-state index contributed by atoms with van der Waals surface area (Å²) in [7, 11) is 0. The Balaban J connectivity index is 0.000000312. The minimum Gasteiger partial charge on any atom is -0.432 e. The van der Waals surface area contributed by atoms with Gasteiger partial charge in [-0.2, -0.15) is 0 Å². The van der Waals surface area contributed by atoms with Crippen LogP contribution in [0.15, 0.2) is 82.8 Å². The van der Waals surface area contributed by atoms with E-state index in [0.717, 1.165) is 18.3 Å². The monoisotopic (exact) mass is 570 g/mol. The zero-order valence-corrected chi connectivity index (χ0v) is 25.6. The molecule has 0 saturated heterocycles. The van der Waals surface area contributed by atoms with E-state index in [0.29, 0.717) is 31.3 Å². The number of carbonyl (C=O) groups is 1. The van der Waals surface area contributed by atoms with Gasteiger partial charge < -0.3 is 9.64 Å². The van der Waals surface area contributed by atoms with Gasteiger partial charge in [0.25, 0.3) is 5.91 Å². The van der Waals surface area contributed by atoms with Crippen LogP contribution in [0.4, 0.5) is 4.39 Å². The third-order valence-corrected chi connectivity index (χ3v) is 7.38. The molecule has 6 nitrogen and oxygen atoms in total. The van der Waals surface area contributed by atoms with Crippen LogP contribution in [0, 0.1) is 29.0 Å². The molecule has 0 aliphatic carbocycles. The van der Waals surface area contributed by atoms with E-state index in [9.17, 15) is 9.18 Å². The van der Waals surface area contributed by atoms with Gasteiger partial charge in [-0.25, -0.2) is 9.37 Å². The highest BCUT2D eigenvalue weighted by Crippen LogP contribution is 2.36. The number of pyridine rings is 1. The van der Waals surface area contributed by atoms with Crippen molar-refractivity contribution >= 4 is 30.2 Å². The summed E-state index contributed by atoms with van der Waals surface area (Å²) in [6.45, 7) is 13.6. The standard InChI is InChI=1S/C22H27FN4O2.C13H16/c1-5-6-19(29-21(24)17-8-7-16(23)10-26-17)22(28)27-11-14(3)20-15(4)13(2)9-25-18(20)12-27;1-3-5-9-13-11-7-6-10-12(13)8-4-2/h6-10,13-15,24H,5,11-12H2,1-4H3;4-11H,3H2,1-2H3/b19-6+,24-21?;8-4-,9-5+/t13-,14?,15+;/m1./s1. The second-order valence-electron chi connectivity index (χ2n) is 10.6. The zero-order valence-electron chi connectivity index (χ0n) is 25.6. The van der Waals surface area contributed by atoms with Gasteiger partial charge in [0.05, 0.1) is 18.4 Å². The molecule has 0 bridgehead atoms. The number of rotatable bonds is 7. The minimum atomic E-state index is -0.495. The first-order valence-corrected chi connectivity index (χ1v) is 14.7. The van der Waals surface area contributed by atoms with Crippen molar-refractivity contribution in [1.82, 2.24) is 9.88 Å². The highest BCUT2D eigenvalue weighted by Gasteiger charge is 2.35. The van der Waals surface area contributed by atoms with Crippen LogP contribution in [0.1, 0.15) is 71.2 Å². The number of hydrogen-bond acceptors (Lipinski definition) is 5. The first kappa shape index (κ1) is 32.4. The number of nitrogens with one attached hydrogen (secondary N) is 1. The third kappa shape index (κ3) is 8.44. The number of benzene rings is 1. The first-order valence-electron chi connectivity index (χ1n) is 14.7. The van der Waals surface area contributed by atoms with Crippen LogP contribution >= 0.6 is 0 Å². The van der Waals surface area contributed by atoms with Gasteiger partial charge in [-0.15, -0.1) is 0 Å². The molecule has 0 saturated carbocycles. The average molecular weight is 571 g/mol. The lowest BCUT2D eigenvalue weighted by Gasteiger charge is -2.39. The van der Waals surface area contributed by atoms with Gasteiger partial charge in [0, 0.05) is 12.8 Å². The molecule has 3 heterocycles. The fraction of sp³-hybridized carbons (Fsp3) is 0.371. The summed E-state index contributed by atoms with van der Waals surface area (Å²) in [6, 6.07) is 11.0. The Labute approximate surface area is 249 Å². The number of halogens is 1. The summed E-state index contributed by atoms with van der Waals surface area (Å²) in [5, 5.41) is 8.10. The van der Waals surface area contributed by atoms with Gasteiger partial charge >= 0.3 is 0 Å². The van der Waals surface area contributed by atoms with E-state index >= 15 is 0 Å². The molecule has 42 heavy (non-hydrogen) atoms. The molecule has 0 radical (unpaired) electrons. The average Bonchev–Trinajstić information content (AvgIpc) is 2.98. The van der Waals surface area contributed by atoms with Crippen molar-refractivity contribution in [2.45, 2.75) is 54.4 Å². The SMILES string of the molecule is C/C=C\c1ccccc1/C=C/CC.CC/C=C(/OC(=N)c1ccc(F)cn1)C(=O)N1CC2=C(C(C)C1)[C@@H](C)[C@H](C)C=N2. The number of nitrogens with zero attached hydrogens (tertiary/aromatic N) is 3. The number of allylic oxidation sites excluding steroid dienone is 3. The predicted octanol–water partition coefficient (Wildman–Crippen LogP) is 8.09. The van der Waals surface area contributed by atoms with Crippen LogP contribution in [-0.2, 0) is 9.53 Å². The molecule has 1 unspecified atom stereocenters. The van der Waals surface area contributed by atoms with E-state index in [1.807, 2.05) is 20.1 Å². The summed E-state index contributed by atoms with van der Waals surface area (Å²) in [4.78, 5) is 23.3. The van der Waals surface area contributed by atoms with Crippen LogP contribution in [-0.4, -0.2) is 41.0 Å². The quantitative estimate of drug-likeness (QED) is 0.158. The van der Waals surface area contributed by atoms with E-state index < -0.39 is 5.82 Å². The molecule has 2 aliphatic rings. The first-order chi connectivity index (χ1) is 20.2. The van der Waals surface area contributed by atoms with Crippen LogP contribution in [0.25, 0.3) is 12.2 Å². The largest absolute Gasteiger partial charge is 0.432 e.